The van der Waals surface area contributed by atoms with Gasteiger partial charge in [-0.15, -0.1) is 5.10 Å². The summed E-state index contributed by atoms with van der Waals surface area (Å²) in [5, 5.41) is 13.3. The number of ether oxygens (including phenoxy) is 1. The first-order chi connectivity index (χ1) is 13.1. The second kappa shape index (κ2) is 8.56. The highest BCUT2D eigenvalue weighted by molar-refractivity contribution is 5.67. The number of aromatic nitrogens is 3. The first-order valence-corrected chi connectivity index (χ1v) is 8.65. The molecule has 2 aromatic rings. The topological polar surface area (TPSA) is 92.3 Å². The quantitative estimate of drug-likeness (QED) is 0.826. The third-order valence-corrected chi connectivity index (χ3v) is 4.13. The van der Waals surface area contributed by atoms with Crippen molar-refractivity contribution in [1.82, 2.24) is 20.1 Å². The van der Waals surface area contributed by atoms with Gasteiger partial charge in [0.2, 0.25) is 5.95 Å². The molecule has 1 aromatic heterocycles. The standard InChI is InChI=1S/C17H20F2N6O2/c1-2-27-17(26)25-8-6-11(7-9-25)21-14-10-20-24-16(22-14)23-15-12(18)4-3-5-13(15)19/h3-5,10-11H,2,6-9H2,1H3,(H2,21,22,23,24). The van der Waals surface area contributed by atoms with Gasteiger partial charge >= 0.3 is 6.09 Å². The van der Waals surface area contributed by atoms with Crippen molar-refractivity contribution in [3.63, 3.8) is 0 Å². The zero-order chi connectivity index (χ0) is 19.2. The van der Waals surface area contributed by atoms with Gasteiger partial charge in [-0.1, -0.05) is 6.07 Å². The van der Waals surface area contributed by atoms with E-state index in [4.69, 9.17) is 4.74 Å². The van der Waals surface area contributed by atoms with E-state index >= 15 is 0 Å². The molecule has 0 spiro atoms. The van der Waals surface area contributed by atoms with Gasteiger partial charge in [0.05, 0.1) is 12.8 Å². The van der Waals surface area contributed by atoms with Gasteiger partial charge in [0.25, 0.3) is 0 Å². The van der Waals surface area contributed by atoms with Crippen LogP contribution in [0.4, 0.5) is 31.0 Å². The number of nitrogens with zero attached hydrogens (tertiary/aromatic N) is 4. The molecule has 1 fully saturated rings. The van der Waals surface area contributed by atoms with Crippen LogP contribution < -0.4 is 10.6 Å². The van der Waals surface area contributed by atoms with Crippen molar-refractivity contribution >= 4 is 23.5 Å². The number of benzene rings is 1. The van der Waals surface area contributed by atoms with Gasteiger partial charge in [0.1, 0.15) is 17.3 Å². The Morgan fingerprint density at radius 3 is 2.67 bits per heavy atom. The molecular formula is C17H20F2N6O2. The molecular weight excluding hydrogens is 358 g/mol. The van der Waals surface area contributed by atoms with Crippen molar-refractivity contribution in [3.8, 4) is 0 Å². The number of para-hydroxylation sites is 1. The molecule has 2 heterocycles. The molecule has 0 atom stereocenters. The number of hydrogen-bond donors (Lipinski definition) is 2. The largest absolute Gasteiger partial charge is 0.450 e. The molecule has 0 bridgehead atoms. The van der Waals surface area contributed by atoms with Gasteiger partial charge in [0, 0.05) is 19.1 Å². The van der Waals surface area contributed by atoms with Crippen LogP contribution in [-0.2, 0) is 4.74 Å². The van der Waals surface area contributed by atoms with Crippen molar-refractivity contribution < 1.29 is 18.3 Å². The number of hydrogen-bond acceptors (Lipinski definition) is 7. The minimum atomic E-state index is -0.747. The molecule has 0 radical (unpaired) electrons. The highest BCUT2D eigenvalue weighted by Gasteiger charge is 2.23. The van der Waals surface area contributed by atoms with Gasteiger partial charge in [-0.25, -0.2) is 13.6 Å². The van der Waals surface area contributed by atoms with E-state index in [1.807, 2.05) is 0 Å². The number of rotatable bonds is 5. The highest BCUT2D eigenvalue weighted by atomic mass is 19.1. The van der Waals surface area contributed by atoms with E-state index in [-0.39, 0.29) is 23.8 Å². The van der Waals surface area contributed by atoms with Crippen LogP contribution in [0.3, 0.4) is 0 Å². The Hall–Kier alpha value is -3.04. The summed E-state index contributed by atoms with van der Waals surface area (Å²) in [5.74, 6) is -1.08. The summed E-state index contributed by atoms with van der Waals surface area (Å²) in [6, 6.07) is 3.64. The number of amides is 1. The maximum absolute atomic E-state index is 13.7. The molecule has 1 saturated heterocycles. The molecule has 8 nitrogen and oxygen atoms in total. The Kier molecular flexibility index (Phi) is 5.94. The van der Waals surface area contributed by atoms with Crippen molar-refractivity contribution in [2.45, 2.75) is 25.8 Å². The maximum atomic E-state index is 13.7. The number of piperidine rings is 1. The van der Waals surface area contributed by atoms with Crippen LogP contribution >= 0.6 is 0 Å². The fraction of sp³-hybridized carbons (Fsp3) is 0.412. The monoisotopic (exact) mass is 378 g/mol. The van der Waals surface area contributed by atoms with E-state index in [0.717, 1.165) is 12.1 Å². The molecule has 3 rings (SSSR count). The van der Waals surface area contributed by atoms with Gasteiger partial charge in [0.15, 0.2) is 5.82 Å². The summed E-state index contributed by atoms with van der Waals surface area (Å²) in [5.41, 5.74) is -0.334. The molecule has 0 saturated carbocycles. The zero-order valence-electron chi connectivity index (χ0n) is 14.8. The second-order valence-corrected chi connectivity index (χ2v) is 5.99. The fourth-order valence-corrected chi connectivity index (χ4v) is 2.79. The van der Waals surface area contributed by atoms with Crippen LogP contribution in [0, 0.1) is 11.6 Å². The summed E-state index contributed by atoms with van der Waals surface area (Å²) in [7, 11) is 0. The Morgan fingerprint density at radius 1 is 1.30 bits per heavy atom. The maximum Gasteiger partial charge on any atom is 0.409 e. The lowest BCUT2D eigenvalue weighted by atomic mass is 10.1. The third kappa shape index (κ3) is 4.78. The summed E-state index contributed by atoms with van der Waals surface area (Å²) in [6.07, 6.45) is 2.56. The lowest BCUT2D eigenvalue weighted by Crippen LogP contribution is -2.42. The number of carbonyl (C=O) groups excluding carboxylic acids is 1. The molecule has 1 aliphatic rings. The summed E-state index contributed by atoms with van der Waals surface area (Å²) in [6.45, 7) is 3.26. The number of halogens is 2. The summed E-state index contributed by atoms with van der Waals surface area (Å²) in [4.78, 5) is 17.6. The SMILES string of the molecule is CCOC(=O)N1CCC(Nc2cnnc(Nc3c(F)cccc3F)n2)CC1. The van der Waals surface area contributed by atoms with E-state index < -0.39 is 11.6 Å². The average molecular weight is 378 g/mol. The highest BCUT2D eigenvalue weighted by Crippen LogP contribution is 2.22. The number of nitrogens with one attached hydrogen (secondary N) is 2. The first-order valence-electron chi connectivity index (χ1n) is 8.65. The van der Waals surface area contributed by atoms with Gasteiger partial charge < -0.3 is 20.3 Å². The lowest BCUT2D eigenvalue weighted by molar-refractivity contribution is 0.0983. The Bertz CT molecular complexity index is 778. The van der Waals surface area contributed by atoms with Crippen molar-refractivity contribution in [1.29, 1.82) is 0 Å². The average Bonchev–Trinajstić information content (AvgIpc) is 2.66. The molecule has 27 heavy (non-hydrogen) atoms. The van der Waals surface area contributed by atoms with Crippen molar-refractivity contribution in [2.75, 3.05) is 30.3 Å². The minimum absolute atomic E-state index is 0.0204. The fourth-order valence-electron chi connectivity index (χ4n) is 2.79. The number of likely N-dealkylation sites (tertiary alicyclic amines) is 1. The van der Waals surface area contributed by atoms with Crippen LogP contribution in [0.15, 0.2) is 24.4 Å². The Balaban J connectivity index is 1.59. The second-order valence-electron chi connectivity index (χ2n) is 5.99. The molecule has 0 aliphatic carbocycles. The zero-order valence-corrected chi connectivity index (χ0v) is 14.8. The van der Waals surface area contributed by atoms with Gasteiger partial charge in [-0.3, -0.25) is 0 Å². The molecule has 2 N–H and O–H groups in total. The predicted molar refractivity (Wildman–Crippen MR) is 94.7 cm³/mol. The van der Waals surface area contributed by atoms with Crippen LogP contribution in [-0.4, -0.2) is 51.9 Å². The first kappa shape index (κ1) is 18.7. The van der Waals surface area contributed by atoms with E-state index in [1.165, 1.54) is 12.3 Å². The molecule has 0 unspecified atom stereocenters. The minimum Gasteiger partial charge on any atom is -0.450 e. The van der Waals surface area contributed by atoms with Crippen molar-refractivity contribution in [3.05, 3.63) is 36.0 Å². The van der Waals surface area contributed by atoms with Crippen molar-refractivity contribution in [2.24, 2.45) is 0 Å². The summed E-state index contributed by atoms with van der Waals surface area (Å²) >= 11 is 0. The lowest BCUT2D eigenvalue weighted by Gasteiger charge is -2.31. The number of carbonyl (C=O) groups is 1. The normalized spacial score (nSPS) is 14.7. The van der Waals surface area contributed by atoms with Crippen LogP contribution in [0.5, 0.6) is 0 Å². The molecule has 10 heteroatoms. The smallest absolute Gasteiger partial charge is 0.409 e. The molecule has 1 amide bonds. The van der Waals surface area contributed by atoms with E-state index in [9.17, 15) is 13.6 Å². The van der Waals surface area contributed by atoms with Crippen LogP contribution in [0.1, 0.15) is 19.8 Å². The molecule has 1 aliphatic heterocycles. The molecule has 1 aromatic carbocycles. The van der Waals surface area contributed by atoms with Gasteiger partial charge in [-0.2, -0.15) is 10.1 Å². The van der Waals surface area contributed by atoms with Crippen LogP contribution in [0.25, 0.3) is 0 Å². The number of anilines is 3. The third-order valence-electron chi connectivity index (χ3n) is 4.13. The van der Waals surface area contributed by atoms with E-state index in [1.54, 1.807) is 11.8 Å². The van der Waals surface area contributed by atoms with Crippen LogP contribution in [0.2, 0.25) is 0 Å². The van der Waals surface area contributed by atoms with E-state index in [0.29, 0.717) is 38.4 Å². The molecule has 144 valence electrons. The van der Waals surface area contributed by atoms with Gasteiger partial charge in [-0.05, 0) is 31.9 Å². The summed E-state index contributed by atoms with van der Waals surface area (Å²) < 4.78 is 32.5. The Labute approximate surface area is 154 Å². The predicted octanol–water partition coefficient (Wildman–Crippen LogP) is 2.93. The Morgan fingerprint density at radius 2 is 2.00 bits per heavy atom. The van der Waals surface area contributed by atoms with E-state index in [2.05, 4.69) is 25.8 Å².